The molecule has 4 nitrogen and oxygen atoms in total. The van der Waals surface area contributed by atoms with Crippen molar-refractivity contribution in [3.05, 3.63) is 40.9 Å². The highest BCUT2D eigenvalue weighted by Gasteiger charge is 2.09. The Morgan fingerprint density at radius 1 is 1.50 bits per heavy atom. The minimum absolute atomic E-state index is 0.200. The summed E-state index contributed by atoms with van der Waals surface area (Å²) in [6, 6.07) is 7.56. The van der Waals surface area contributed by atoms with E-state index in [1.165, 1.54) is 6.26 Å². The van der Waals surface area contributed by atoms with E-state index in [2.05, 4.69) is 20.9 Å². The number of carbonyl (C=O) groups is 1. The van der Waals surface area contributed by atoms with Gasteiger partial charge >= 0.3 is 5.97 Å². The van der Waals surface area contributed by atoms with Gasteiger partial charge in [-0.2, -0.15) is 0 Å². The normalized spacial score (nSPS) is 10.3. The van der Waals surface area contributed by atoms with Crippen molar-refractivity contribution in [3.63, 3.8) is 0 Å². The maximum absolute atomic E-state index is 10.5. The van der Waals surface area contributed by atoms with Gasteiger partial charge in [0.2, 0.25) is 5.89 Å². The Labute approximate surface area is 100 Å². The van der Waals surface area contributed by atoms with Crippen LogP contribution in [0.15, 0.2) is 39.4 Å². The Kier molecular flexibility index (Phi) is 3.05. The van der Waals surface area contributed by atoms with E-state index in [1.54, 1.807) is 0 Å². The summed E-state index contributed by atoms with van der Waals surface area (Å²) in [4.78, 5) is 14.6. The molecule has 0 bridgehead atoms. The lowest BCUT2D eigenvalue weighted by molar-refractivity contribution is -0.136. The number of carboxylic acid groups (broad SMARTS) is 1. The summed E-state index contributed by atoms with van der Waals surface area (Å²) < 4.78 is 6.00. The van der Waals surface area contributed by atoms with Crippen LogP contribution in [0.1, 0.15) is 5.89 Å². The maximum atomic E-state index is 10.5. The zero-order valence-electron chi connectivity index (χ0n) is 8.18. The average Bonchev–Trinajstić information content (AvgIpc) is 2.65. The van der Waals surface area contributed by atoms with Crippen LogP contribution in [0.4, 0.5) is 0 Å². The Morgan fingerprint density at radius 2 is 2.31 bits per heavy atom. The zero-order valence-corrected chi connectivity index (χ0v) is 9.77. The van der Waals surface area contributed by atoms with E-state index >= 15 is 0 Å². The predicted molar refractivity (Wildman–Crippen MR) is 61.0 cm³/mol. The van der Waals surface area contributed by atoms with E-state index in [0.717, 1.165) is 10.0 Å². The fourth-order valence-electron chi connectivity index (χ4n) is 1.30. The molecule has 1 heterocycles. The van der Waals surface area contributed by atoms with Gasteiger partial charge in [-0.25, -0.2) is 4.98 Å². The van der Waals surface area contributed by atoms with Crippen molar-refractivity contribution in [2.24, 2.45) is 0 Å². The first-order valence-electron chi connectivity index (χ1n) is 4.57. The molecule has 0 fully saturated rings. The van der Waals surface area contributed by atoms with Crippen LogP contribution in [0.5, 0.6) is 0 Å². The number of hydrogen-bond donors (Lipinski definition) is 1. The molecule has 1 N–H and O–H groups in total. The molecule has 1 aromatic carbocycles. The first kappa shape index (κ1) is 10.9. The number of benzene rings is 1. The van der Waals surface area contributed by atoms with E-state index in [0.29, 0.717) is 5.69 Å². The van der Waals surface area contributed by atoms with E-state index in [4.69, 9.17) is 9.52 Å². The second-order valence-corrected chi connectivity index (χ2v) is 4.12. The molecule has 16 heavy (non-hydrogen) atoms. The molecule has 0 saturated heterocycles. The van der Waals surface area contributed by atoms with E-state index in [9.17, 15) is 4.79 Å². The quantitative estimate of drug-likeness (QED) is 0.940. The van der Waals surface area contributed by atoms with Crippen molar-refractivity contribution >= 4 is 21.9 Å². The zero-order chi connectivity index (χ0) is 11.5. The number of oxazole rings is 1. The molecular weight excluding hydrogens is 274 g/mol. The van der Waals surface area contributed by atoms with Gasteiger partial charge in [-0.1, -0.05) is 28.1 Å². The van der Waals surface area contributed by atoms with Gasteiger partial charge in [0.25, 0.3) is 0 Å². The third-order valence-electron chi connectivity index (χ3n) is 1.97. The molecule has 0 aliphatic heterocycles. The maximum Gasteiger partial charge on any atom is 0.312 e. The van der Waals surface area contributed by atoms with Crippen molar-refractivity contribution in [2.75, 3.05) is 0 Å². The first-order valence-corrected chi connectivity index (χ1v) is 5.36. The standard InChI is InChI=1S/C11H8BrNO3/c12-8-3-1-2-7(4-8)9-6-16-10(13-9)5-11(14)15/h1-4,6H,5H2,(H,14,15). The smallest absolute Gasteiger partial charge is 0.312 e. The van der Waals surface area contributed by atoms with Crippen molar-refractivity contribution in [1.29, 1.82) is 0 Å². The van der Waals surface area contributed by atoms with Crippen LogP contribution in [0.3, 0.4) is 0 Å². The number of halogens is 1. The Bertz CT molecular complexity index is 521. The topological polar surface area (TPSA) is 63.3 Å². The predicted octanol–water partition coefficient (Wildman–Crippen LogP) is 2.73. The number of carboxylic acids is 1. The van der Waals surface area contributed by atoms with Gasteiger partial charge in [0.1, 0.15) is 18.4 Å². The van der Waals surface area contributed by atoms with Gasteiger partial charge in [0.15, 0.2) is 0 Å². The summed E-state index contributed by atoms with van der Waals surface area (Å²) in [7, 11) is 0. The van der Waals surface area contributed by atoms with E-state index in [1.807, 2.05) is 24.3 Å². The SMILES string of the molecule is O=C(O)Cc1nc(-c2cccc(Br)c2)co1. The molecule has 0 unspecified atom stereocenters. The summed E-state index contributed by atoms with van der Waals surface area (Å²) in [6.45, 7) is 0. The van der Waals surface area contributed by atoms with Gasteiger partial charge in [-0.05, 0) is 12.1 Å². The first-order chi connectivity index (χ1) is 7.65. The second kappa shape index (κ2) is 4.49. The molecular formula is C11H8BrNO3. The Balaban J connectivity index is 2.28. The number of nitrogens with zero attached hydrogens (tertiary/aromatic N) is 1. The molecule has 1 aromatic heterocycles. The molecule has 2 aromatic rings. The lowest BCUT2D eigenvalue weighted by atomic mass is 10.2. The van der Waals surface area contributed by atoms with Crippen LogP contribution in [0, 0.1) is 0 Å². The minimum Gasteiger partial charge on any atom is -0.481 e. The average molecular weight is 282 g/mol. The van der Waals surface area contributed by atoms with Crippen molar-refractivity contribution in [1.82, 2.24) is 4.98 Å². The molecule has 0 radical (unpaired) electrons. The summed E-state index contributed by atoms with van der Waals surface area (Å²) >= 11 is 3.35. The fourth-order valence-corrected chi connectivity index (χ4v) is 1.70. The molecule has 0 aliphatic carbocycles. The van der Waals surface area contributed by atoms with Crippen LogP contribution in [0.2, 0.25) is 0 Å². The third-order valence-corrected chi connectivity index (χ3v) is 2.47. The largest absolute Gasteiger partial charge is 0.481 e. The number of rotatable bonds is 3. The van der Waals surface area contributed by atoms with Crippen LogP contribution >= 0.6 is 15.9 Å². The lowest BCUT2D eigenvalue weighted by Crippen LogP contribution is -1.99. The van der Waals surface area contributed by atoms with Gasteiger partial charge in [0, 0.05) is 10.0 Å². The Hall–Kier alpha value is -1.62. The minimum atomic E-state index is -0.956. The highest BCUT2D eigenvalue weighted by atomic mass is 79.9. The molecule has 0 saturated carbocycles. The van der Waals surface area contributed by atoms with Crippen LogP contribution in [-0.2, 0) is 11.2 Å². The molecule has 0 amide bonds. The third kappa shape index (κ3) is 2.49. The lowest BCUT2D eigenvalue weighted by Gasteiger charge is -1.95. The fraction of sp³-hybridized carbons (Fsp3) is 0.0909. The van der Waals surface area contributed by atoms with Crippen LogP contribution < -0.4 is 0 Å². The molecule has 5 heteroatoms. The molecule has 0 spiro atoms. The molecule has 0 aliphatic rings. The van der Waals surface area contributed by atoms with Crippen molar-refractivity contribution in [2.45, 2.75) is 6.42 Å². The summed E-state index contributed by atoms with van der Waals surface area (Å²) in [5.74, 6) is -0.745. The highest BCUT2D eigenvalue weighted by Crippen LogP contribution is 2.22. The monoisotopic (exact) mass is 281 g/mol. The second-order valence-electron chi connectivity index (χ2n) is 3.21. The number of aliphatic carboxylic acids is 1. The summed E-state index contributed by atoms with van der Waals surface area (Å²) in [5, 5.41) is 8.58. The summed E-state index contributed by atoms with van der Waals surface area (Å²) in [5.41, 5.74) is 1.52. The molecule has 82 valence electrons. The van der Waals surface area contributed by atoms with Gasteiger partial charge < -0.3 is 9.52 Å². The van der Waals surface area contributed by atoms with Gasteiger partial charge in [-0.15, -0.1) is 0 Å². The van der Waals surface area contributed by atoms with Crippen LogP contribution in [0.25, 0.3) is 11.3 Å². The summed E-state index contributed by atoms with van der Waals surface area (Å²) in [6.07, 6.45) is 1.26. The van der Waals surface area contributed by atoms with Crippen molar-refractivity contribution < 1.29 is 14.3 Å². The van der Waals surface area contributed by atoms with E-state index in [-0.39, 0.29) is 12.3 Å². The number of hydrogen-bond acceptors (Lipinski definition) is 3. The molecule has 0 atom stereocenters. The van der Waals surface area contributed by atoms with E-state index < -0.39 is 5.97 Å². The molecule has 2 rings (SSSR count). The highest BCUT2D eigenvalue weighted by molar-refractivity contribution is 9.10. The van der Waals surface area contributed by atoms with Gasteiger partial charge in [-0.3, -0.25) is 4.79 Å². The van der Waals surface area contributed by atoms with Crippen LogP contribution in [-0.4, -0.2) is 16.1 Å². The van der Waals surface area contributed by atoms with Gasteiger partial charge in [0.05, 0.1) is 0 Å². The number of aromatic nitrogens is 1. The Morgan fingerprint density at radius 3 is 3.00 bits per heavy atom. The van der Waals surface area contributed by atoms with Crippen molar-refractivity contribution in [3.8, 4) is 11.3 Å².